The van der Waals surface area contributed by atoms with Gasteiger partial charge in [-0.15, -0.1) is 0 Å². The summed E-state index contributed by atoms with van der Waals surface area (Å²) in [6, 6.07) is 0. The van der Waals surface area contributed by atoms with E-state index >= 15 is 0 Å². The third-order valence-corrected chi connectivity index (χ3v) is 15.9. The fourth-order valence-corrected chi connectivity index (χ4v) is 12.0. The van der Waals surface area contributed by atoms with Gasteiger partial charge in [0.1, 0.15) is 91.6 Å². The van der Waals surface area contributed by atoms with Gasteiger partial charge in [0.2, 0.25) is 6.29 Å². The highest BCUT2D eigenvalue weighted by molar-refractivity contribution is 5.77. The molecule has 66 heavy (non-hydrogen) atoms. The predicted molar refractivity (Wildman–Crippen MR) is 217 cm³/mol. The van der Waals surface area contributed by atoms with Gasteiger partial charge in [0.25, 0.3) is 0 Å². The molecule has 0 bridgehead atoms. The lowest BCUT2D eigenvalue weighted by molar-refractivity contribution is -0.370. The van der Waals surface area contributed by atoms with E-state index in [0.29, 0.717) is 50.5 Å². The Balaban J connectivity index is 1.07. The summed E-state index contributed by atoms with van der Waals surface area (Å²) in [5.41, 5.74) is -0.894. The van der Waals surface area contributed by atoms with E-state index in [1.54, 1.807) is 6.92 Å². The van der Waals surface area contributed by atoms with E-state index in [4.69, 9.17) is 37.9 Å². The highest BCUT2D eigenvalue weighted by Crippen LogP contribution is 2.64. The third-order valence-electron chi connectivity index (χ3n) is 15.9. The molecule has 3 aliphatic carbocycles. The molecule has 3 saturated carbocycles. The quantitative estimate of drug-likeness (QED) is 0.0642. The maximum absolute atomic E-state index is 14.7. The lowest BCUT2D eigenvalue weighted by Gasteiger charge is -2.59. The summed E-state index contributed by atoms with van der Waals surface area (Å²) in [5, 5.41) is 146. The van der Waals surface area contributed by atoms with Crippen molar-refractivity contribution in [2.24, 2.45) is 28.6 Å². The Morgan fingerprint density at radius 2 is 1.02 bits per heavy atom. The lowest BCUT2D eigenvalue weighted by Crippen LogP contribution is -2.65. The van der Waals surface area contributed by atoms with Gasteiger partial charge in [-0.05, 0) is 80.6 Å². The molecule has 7 rings (SSSR count). The number of hydrogen-bond donors (Lipinski definition) is 14. The van der Waals surface area contributed by atoms with E-state index in [-0.39, 0.29) is 17.8 Å². The molecule has 0 radical (unpaired) electrons. The van der Waals surface area contributed by atoms with Crippen molar-refractivity contribution in [2.75, 3.05) is 26.4 Å². The zero-order valence-electron chi connectivity index (χ0n) is 37.0. The lowest BCUT2D eigenvalue weighted by atomic mass is 9.45. The van der Waals surface area contributed by atoms with Gasteiger partial charge in [0.15, 0.2) is 25.0 Å². The largest absolute Gasteiger partial charge is 0.432 e. The molecule has 7 fully saturated rings. The fraction of sp³-hybridized carbons (Fsp3) is 0.930. The van der Waals surface area contributed by atoms with Crippen molar-refractivity contribution >= 4 is 5.97 Å². The topological polar surface area (TPSA) is 374 Å². The Morgan fingerprint density at radius 3 is 1.52 bits per heavy atom. The van der Waals surface area contributed by atoms with E-state index in [2.05, 4.69) is 13.5 Å². The van der Waals surface area contributed by atoms with E-state index in [9.17, 15) is 76.3 Å². The summed E-state index contributed by atoms with van der Waals surface area (Å²) in [6.07, 6.45) is -29.5. The molecule has 26 atom stereocenters. The molecule has 0 spiro atoms. The van der Waals surface area contributed by atoms with Crippen LogP contribution in [0.5, 0.6) is 0 Å². The van der Waals surface area contributed by atoms with Gasteiger partial charge in [-0.1, -0.05) is 19.9 Å². The van der Waals surface area contributed by atoms with Gasteiger partial charge < -0.3 is 109 Å². The van der Waals surface area contributed by atoms with Crippen molar-refractivity contribution < 1.29 is 114 Å². The second-order valence-corrected chi connectivity index (χ2v) is 19.8. The highest BCUT2D eigenvalue weighted by Gasteiger charge is 2.61. The molecule has 4 heterocycles. The number of aliphatic hydroxyl groups excluding tert-OH is 14. The molecule has 0 aromatic rings. The first-order valence-electron chi connectivity index (χ1n) is 23.0. The summed E-state index contributed by atoms with van der Waals surface area (Å²) in [5.74, 6) is -0.848. The first-order chi connectivity index (χ1) is 31.2. The zero-order chi connectivity index (χ0) is 48.2. The first kappa shape index (κ1) is 52.2. The monoisotopic (exact) mass is 954 g/mol. The van der Waals surface area contributed by atoms with Gasteiger partial charge in [-0.2, -0.15) is 0 Å². The Bertz CT molecular complexity index is 1640. The van der Waals surface area contributed by atoms with Crippen molar-refractivity contribution in [3.05, 3.63) is 12.2 Å². The van der Waals surface area contributed by atoms with E-state index in [0.717, 1.165) is 6.42 Å². The Kier molecular flexibility index (Phi) is 16.6. The second-order valence-electron chi connectivity index (χ2n) is 19.8. The van der Waals surface area contributed by atoms with E-state index < -0.39 is 172 Å². The van der Waals surface area contributed by atoms with Crippen LogP contribution in [0.25, 0.3) is 0 Å². The SMILES string of the molecule is C=C1CC2CCC3[C@](C)(C(=O)OC4OC(CO)C(O)C(O)C4OC4OC(CO)C(O)C(O)C4O)CCC[C@@]3(C)[C@@H]2CCC1OC1OC(CO)C(O)C(O)C1OC1OC(CO)C(O)C(O)C1O. The van der Waals surface area contributed by atoms with Crippen LogP contribution < -0.4 is 0 Å². The minimum Gasteiger partial charge on any atom is -0.432 e. The minimum absolute atomic E-state index is 0.0176. The van der Waals surface area contributed by atoms with Crippen molar-refractivity contribution in [3.8, 4) is 0 Å². The van der Waals surface area contributed by atoms with Crippen LogP contribution in [-0.2, 0) is 42.7 Å². The first-order valence-corrected chi connectivity index (χ1v) is 23.0. The Hall–Kier alpha value is -1.63. The summed E-state index contributed by atoms with van der Waals surface area (Å²) in [6.45, 7) is 5.31. The third kappa shape index (κ3) is 9.61. The molecule has 23 unspecified atom stereocenters. The fourth-order valence-electron chi connectivity index (χ4n) is 12.0. The summed E-state index contributed by atoms with van der Waals surface area (Å²) < 4.78 is 46.9. The molecule has 0 aromatic heterocycles. The van der Waals surface area contributed by atoms with Gasteiger partial charge >= 0.3 is 5.97 Å². The van der Waals surface area contributed by atoms with Gasteiger partial charge in [-0.3, -0.25) is 4.79 Å². The van der Waals surface area contributed by atoms with Crippen LogP contribution in [0.15, 0.2) is 12.2 Å². The van der Waals surface area contributed by atoms with Crippen LogP contribution in [0.1, 0.15) is 65.2 Å². The Morgan fingerprint density at radius 1 is 0.561 bits per heavy atom. The molecule has 23 nitrogen and oxygen atoms in total. The Labute approximate surface area is 381 Å². The predicted octanol–water partition coefficient (Wildman–Crippen LogP) is -5.26. The van der Waals surface area contributed by atoms with Gasteiger partial charge in [0, 0.05) is 0 Å². The number of ether oxygens (including phenoxy) is 8. The molecule has 0 amide bonds. The molecule has 7 aliphatic rings. The average Bonchev–Trinajstić information content (AvgIpc) is 3.46. The summed E-state index contributed by atoms with van der Waals surface area (Å²) in [4.78, 5) is 14.7. The van der Waals surface area contributed by atoms with Crippen LogP contribution in [0.3, 0.4) is 0 Å². The maximum Gasteiger partial charge on any atom is 0.314 e. The number of fused-ring (bicyclic) bond motifs is 3. The second kappa shape index (κ2) is 21.0. The van der Waals surface area contributed by atoms with Gasteiger partial charge in [0.05, 0.1) is 37.9 Å². The van der Waals surface area contributed by atoms with E-state index in [1.165, 1.54) is 0 Å². The van der Waals surface area contributed by atoms with E-state index in [1.807, 2.05) is 0 Å². The number of esters is 1. The van der Waals surface area contributed by atoms with Crippen molar-refractivity contribution in [2.45, 2.75) is 194 Å². The summed E-state index contributed by atoms with van der Waals surface area (Å²) in [7, 11) is 0. The van der Waals surface area contributed by atoms with Crippen LogP contribution >= 0.6 is 0 Å². The van der Waals surface area contributed by atoms with Crippen LogP contribution in [0, 0.1) is 28.6 Å². The van der Waals surface area contributed by atoms with Gasteiger partial charge in [-0.25, -0.2) is 0 Å². The highest BCUT2D eigenvalue weighted by atomic mass is 16.8. The maximum atomic E-state index is 14.7. The molecular weight excluding hydrogens is 884 g/mol. The number of rotatable bonds is 12. The molecule has 23 heteroatoms. The summed E-state index contributed by atoms with van der Waals surface area (Å²) >= 11 is 0. The van der Waals surface area contributed by atoms with Crippen LogP contribution in [0.2, 0.25) is 0 Å². The molecule has 14 N–H and O–H groups in total. The molecular formula is C43H70O23. The molecule has 4 saturated heterocycles. The van der Waals surface area contributed by atoms with Crippen molar-refractivity contribution in [1.29, 1.82) is 0 Å². The molecule has 4 aliphatic heterocycles. The minimum atomic E-state index is -1.90. The number of carbonyl (C=O) groups is 1. The smallest absolute Gasteiger partial charge is 0.314 e. The number of hydrogen-bond acceptors (Lipinski definition) is 23. The van der Waals surface area contributed by atoms with Crippen LogP contribution in [0.4, 0.5) is 0 Å². The van der Waals surface area contributed by atoms with Crippen LogP contribution in [-0.4, -0.2) is 233 Å². The normalized spacial score (nSPS) is 52.5. The average molecular weight is 955 g/mol. The molecule has 380 valence electrons. The number of aliphatic hydroxyl groups is 14. The molecule has 0 aromatic carbocycles. The zero-order valence-corrected chi connectivity index (χ0v) is 37.0. The van der Waals surface area contributed by atoms with Crippen molar-refractivity contribution in [1.82, 2.24) is 0 Å². The van der Waals surface area contributed by atoms with Crippen molar-refractivity contribution in [3.63, 3.8) is 0 Å². The number of carbonyl (C=O) groups excluding carboxylic acids is 1. The standard InChI is InChI=1S/C43H70O23/c1-16-11-17-5-8-24-42(2,18(17)6-7-19(16)59-39-35(31(54)27(50)22(14-46)62-39)64-37-33(56)29(52)25(48)20(12-44)60-37)9-4-10-43(24,3)41(58)66-40-36(32(55)28(51)23(15-47)63-40)65-38-34(57)30(53)26(49)21(13-45)61-38/h17-40,44-57H,1,4-15H2,2-3H3/t17?,18-,19?,20?,21?,22?,23?,24?,25?,26?,27?,28?,29?,30?,31?,32?,33?,34?,35?,36?,37?,38?,39?,40?,42+,43-/m1/s1.